The highest BCUT2D eigenvalue weighted by Gasteiger charge is 2.15. The van der Waals surface area contributed by atoms with Crippen molar-refractivity contribution in [2.75, 3.05) is 18.9 Å². The van der Waals surface area contributed by atoms with E-state index in [1.54, 1.807) is 6.33 Å². The largest absolute Gasteiger partial charge is 0.382 e. The monoisotopic (exact) mass is 167 g/mol. The van der Waals surface area contributed by atoms with Gasteiger partial charge in [0.15, 0.2) is 0 Å². The minimum atomic E-state index is 0.434. The van der Waals surface area contributed by atoms with E-state index in [0.29, 0.717) is 11.9 Å². The van der Waals surface area contributed by atoms with E-state index in [2.05, 4.69) is 4.98 Å². The molecule has 1 aromatic rings. The molecule has 2 heterocycles. The first kappa shape index (κ1) is 7.61. The number of nitrogens with zero attached hydrogens (tertiary/aromatic N) is 2. The molecular formula is C8H13N3O. The van der Waals surface area contributed by atoms with Gasteiger partial charge < -0.3 is 15.0 Å². The molecule has 1 unspecified atom stereocenters. The van der Waals surface area contributed by atoms with Gasteiger partial charge in [0.2, 0.25) is 0 Å². The Morgan fingerprint density at radius 3 is 3.17 bits per heavy atom. The summed E-state index contributed by atoms with van der Waals surface area (Å²) in [6, 6.07) is 0.434. The van der Waals surface area contributed by atoms with Crippen molar-refractivity contribution in [3.8, 4) is 0 Å². The van der Waals surface area contributed by atoms with Gasteiger partial charge in [0.1, 0.15) is 5.82 Å². The maximum atomic E-state index is 5.51. The molecule has 1 aliphatic rings. The zero-order valence-corrected chi connectivity index (χ0v) is 6.94. The van der Waals surface area contributed by atoms with Gasteiger partial charge in [-0.2, -0.15) is 0 Å². The third-order valence-electron chi connectivity index (χ3n) is 2.18. The second-order valence-electron chi connectivity index (χ2n) is 3.12. The third-order valence-corrected chi connectivity index (χ3v) is 2.18. The predicted octanol–water partition coefficient (Wildman–Crippen LogP) is 0.817. The molecule has 0 aromatic carbocycles. The third kappa shape index (κ3) is 1.43. The lowest BCUT2D eigenvalue weighted by Crippen LogP contribution is -2.20. The summed E-state index contributed by atoms with van der Waals surface area (Å²) in [5.74, 6) is 0.584. The van der Waals surface area contributed by atoms with Gasteiger partial charge in [0, 0.05) is 12.8 Å². The standard InChI is InChI=1S/C8H13N3O/c9-8-4-11(6-10-8)7-2-1-3-12-5-7/h4,6-7H,1-3,5,9H2. The first-order valence-electron chi connectivity index (χ1n) is 4.23. The normalized spacial score (nSPS) is 24.2. The molecule has 1 atom stereocenters. The molecule has 0 bridgehead atoms. The number of imidazole rings is 1. The second-order valence-corrected chi connectivity index (χ2v) is 3.12. The molecule has 1 aliphatic heterocycles. The van der Waals surface area contributed by atoms with Crippen LogP contribution in [0.3, 0.4) is 0 Å². The Morgan fingerprint density at radius 1 is 1.67 bits per heavy atom. The molecule has 0 aliphatic carbocycles. The summed E-state index contributed by atoms with van der Waals surface area (Å²) in [6.07, 6.45) is 5.92. The van der Waals surface area contributed by atoms with Gasteiger partial charge in [-0.05, 0) is 12.8 Å². The molecule has 2 N–H and O–H groups in total. The van der Waals surface area contributed by atoms with Crippen LogP contribution < -0.4 is 5.73 Å². The van der Waals surface area contributed by atoms with Crippen LogP contribution in [0.4, 0.5) is 5.82 Å². The summed E-state index contributed by atoms with van der Waals surface area (Å²) in [4.78, 5) is 3.98. The van der Waals surface area contributed by atoms with Crippen LogP contribution in [0.25, 0.3) is 0 Å². The van der Waals surface area contributed by atoms with Crippen molar-refractivity contribution >= 4 is 5.82 Å². The molecule has 66 valence electrons. The number of nitrogen functional groups attached to an aromatic ring is 1. The van der Waals surface area contributed by atoms with Gasteiger partial charge in [-0.3, -0.25) is 0 Å². The van der Waals surface area contributed by atoms with E-state index in [1.165, 1.54) is 0 Å². The quantitative estimate of drug-likeness (QED) is 0.673. The van der Waals surface area contributed by atoms with E-state index in [0.717, 1.165) is 26.1 Å². The topological polar surface area (TPSA) is 53.1 Å². The number of aromatic nitrogens is 2. The molecule has 12 heavy (non-hydrogen) atoms. The fourth-order valence-corrected chi connectivity index (χ4v) is 1.51. The second kappa shape index (κ2) is 3.15. The van der Waals surface area contributed by atoms with Crippen LogP contribution in [0.5, 0.6) is 0 Å². The van der Waals surface area contributed by atoms with Gasteiger partial charge in [-0.1, -0.05) is 0 Å². The zero-order chi connectivity index (χ0) is 8.39. The van der Waals surface area contributed by atoms with E-state index in [-0.39, 0.29) is 0 Å². The summed E-state index contributed by atoms with van der Waals surface area (Å²) < 4.78 is 7.39. The van der Waals surface area contributed by atoms with E-state index >= 15 is 0 Å². The highest BCUT2D eigenvalue weighted by molar-refractivity contribution is 5.22. The van der Waals surface area contributed by atoms with Crippen LogP contribution in [0.15, 0.2) is 12.5 Å². The Morgan fingerprint density at radius 2 is 2.58 bits per heavy atom. The summed E-state index contributed by atoms with van der Waals surface area (Å²) in [6.45, 7) is 1.68. The molecule has 0 amide bonds. The fourth-order valence-electron chi connectivity index (χ4n) is 1.51. The van der Waals surface area contributed by atoms with Crippen LogP contribution in [0.1, 0.15) is 18.9 Å². The minimum absolute atomic E-state index is 0.434. The number of nitrogens with two attached hydrogens (primary N) is 1. The molecule has 0 saturated carbocycles. The Kier molecular flexibility index (Phi) is 1.99. The molecule has 0 radical (unpaired) electrons. The van der Waals surface area contributed by atoms with Crippen molar-refractivity contribution in [2.45, 2.75) is 18.9 Å². The van der Waals surface area contributed by atoms with Gasteiger partial charge in [-0.15, -0.1) is 0 Å². The molecule has 1 saturated heterocycles. The molecule has 2 rings (SSSR count). The van der Waals surface area contributed by atoms with Gasteiger partial charge in [0.05, 0.1) is 19.0 Å². The van der Waals surface area contributed by atoms with Crippen LogP contribution >= 0.6 is 0 Å². The average Bonchev–Trinajstić information content (AvgIpc) is 2.54. The Labute approximate surface area is 71.3 Å². The van der Waals surface area contributed by atoms with Crippen LogP contribution in [-0.4, -0.2) is 22.8 Å². The first-order valence-corrected chi connectivity index (χ1v) is 4.23. The van der Waals surface area contributed by atoms with Crippen LogP contribution in [-0.2, 0) is 4.74 Å². The molecule has 1 fully saturated rings. The van der Waals surface area contributed by atoms with Gasteiger partial charge >= 0.3 is 0 Å². The van der Waals surface area contributed by atoms with Gasteiger partial charge in [-0.25, -0.2) is 4.98 Å². The summed E-state index contributed by atoms with van der Waals surface area (Å²) in [5, 5.41) is 0. The van der Waals surface area contributed by atoms with Crippen molar-refractivity contribution in [3.05, 3.63) is 12.5 Å². The molecule has 4 nitrogen and oxygen atoms in total. The molecule has 0 spiro atoms. The number of hydrogen-bond acceptors (Lipinski definition) is 3. The van der Waals surface area contributed by atoms with Crippen molar-refractivity contribution in [1.29, 1.82) is 0 Å². The Hall–Kier alpha value is -1.03. The smallest absolute Gasteiger partial charge is 0.141 e. The highest BCUT2D eigenvalue weighted by Crippen LogP contribution is 2.19. The first-order chi connectivity index (χ1) is 5.86. The lowest BCUT2D eigenvalue weighted by molar-refractivity contribution is 0.0592. The Balaban J connectivity index is 2.08. The van der Waals surface area contributed by atoms with E-state index < -0.39 is 0 Å². The van der Waals surface area contributed by atoms with E-state index in [1.807, 2.05) is 10.8 Å². The Bertz CT molecular complexity index is 253. The number of ether oxygens (including phenoxy) is 1. The highest BCUT2D eigenvalue weighted by atomic mass is 16.5. The van der Waals surface area contributed by atoms with Crippen molar-refractivity contribution in [1.82, 2.24) is 9.55 Å². The zero-order valence-electron chi connectivity index (χ0n) is 6.94. The fraction of sp³-hybridized carbons (Fsp3) is 0.625. The van der Waals surface area contributed by atoms with Crippen molar-refractivity contribution in [2.24, 2.45) is 0 Å². The van der Waals surface area contributed by atoms with Crippen molar-refractivity contribution < 1.29 is 4.74 Å². The molecular weight excluding hydrogens is 154 g/mol. The summed E-state index contributed by atoms with van der Waals surface area (Å²) in [7, 11) is 0. The average molecular weight is 167 g/mol. The number of hydrogen-bond donors (Lipinski definition) is 1. The SMILES string of the molecule is Nc1cn(C2CCCOC2)cn1. The van der Waals surface area contributed by atoms with E-state index in [9.17, 15) is 0 Å². The summed E-state index contributed by atoms with van der Waals surface area (Å²) in [5.41, 5.74) is 5.51. The van der Waals surface area contributed by atoms with Gasteiger partial charge in [0.25, 0.3) is 0 Å². The predicted molar refractivity (Wildman–Crippen MR) is 45.7 cm³/mol. The number of anilines is 1. The molecule has 1 aromatic heterocycles. The van der Waals surface area contributed by atoms with Crippen molar-refractivity contribution in [3.63, 3.8) is 0 Å². The van der Waals surface area contributed by atoms with Crippen LogP contribution in [0.2, 0.25) is 0 Å². The molecule has 4 heteroatoms. The van der Waals surface area contributed by atoms with E-state index in [4.69, 9.17) is 10.5 Å². The lowest BCUT2D eigenvalue weighted by Gasteiger charge is -2.22. The maximum Gasteiger partial charge on any atom is 0.141 e. The number of rotatable bonds is 1. The maximum absolute atomic E-state index is 5.51. The van der Waals surface area contributed by atoms with Crippen LogP contribution in [0, 0.1) is 0 Å². The summed E-state index contributed by atoms with van der Waals surface area (Å²) >= 11 is 0. The lowest BCUT2D eigenvalue weighted by atomic mass is 10.1. The minimum Gasteiger partial charge on any atom is -0.382 e.